The largest absolute Gasteiger partial charge is 0.392 e. The number of hydrogen-bond acceptors (Lipinski definition) is 5. The lowest BCUT2D eigenvalue weighted by Crippen LogP contribution is -2.14. The van der Waals surface area contributed by atoms with Gasteiger partial charge in [0.25, 0.3) is 5.56 Å². The highest BCUT2D eigenvalue weighted by molar-refractivity contribution is 7.17. The van der Waals surface area contributed by atoms with Crippen LogP contribution in [-0.4, -0.2) is 24.9 Å². The lowest BCUT2D eigenvalue weighted by Gasteiger charge is -2.04. The fourth-order valence-electron chi connectivity index (χ4n) is 2.26. The van der Waals surface area contributed by atoms with Gasteiger partial charge < -0.3 is 10.1 Å². The SMILES string of the molecule is Cc1nn(Cc2nc3ccsc3c(=O)[nH]2)c(C)c1CO. The van der Waals surface area contributed by atoms with Crippen LogP contribution in [0.5, 0.6) is 0 Å². The van der Waals surface area contributed by atoms with E-state index in [4.69, 9.17) is 0 Å². The minimum atomic E-state index is -0.121. The van der Waals surface area contributed by atoms with Gasteiger partial charge >= 0.3 is 0 Å². The summed E-state index contributed by atoms with van der Waals surface area (Å²) in [7, 11) is 0. The molecule has 3 aromatic heterocycles. The van der Waals surface area contributed by atoms with Crippen LogP contribution >= 0.6 is 11.3 Å². The number of aromatic amines is 1. The monoisotopic (exact) mass is 290 g/mol. The maximum absolute atomic E-state index is 11.9. The number of fused-ring (bicyclic) bond motifs is 1. The van der Waals surface area contributed by atoms with Gasteiger partial charge in [-0.2, -0.15) is 5.10 Å². The average molecular weight is 290 g/mol. The van der Waals surface area contributed by atoms with Crippen molar-refractivity contribution in [2.75, 3.05) is 0 Å². The first-order chi connectivity index (χ1) is 9.60. The maximum Gasteiger partial charge on any atom is 0.268 e. The summed E-state index contributed by atoms with van der Waals surface area (Å²) in [6.45, 7) is 4.10. The summed E-state index contributed by atoms with van der Waals surface area (Å²) < 4.78 is 2.38. The van der Waals surface area contributed by atoms with Crippen molar-refractivity contribution in [2.45, 2.75) is 27.0 Å². The molecule has 3 aromatic rings. The first-order valence-electron chi connectivity index (χ1n) is 6.20. The van der Waals surface area contributed by atoms with Crippen LogP contribution in [-0.2, 0) is 13.2 Å². The minimum absolute atomic E-state index is 0.0365. The standard InChI is InChI=1S/C13H14N4O2S/c1-7-9(6-18)8(2)17(16-7)5-11-14-10-3-4-20-12(10)13(19)15-11/h3-4,18H,5-6H2,1-2H3,(H,14,15,19). The summed E-state index contributed by atoms with van der Waals surface area (Å²) in [6, 6.07) is 1.83. The van der Waals surface area contributed by atoms with Gasteiger partial charge in [0.2, 0.25) is 0 Å². The maximum atomic E-state index is 11.9. The predicted molar refractivity (Wildman–Crippen MR) is 77.0 cm³/mol. The smallest absolute Gasteiger partial charge is 0.268 e. The molecule has 0 fully saturated rings. The molecule has 2 N–H and O–H groups in total. The number of nitrogens with zero attached hydrogens (tertiary/aromatic N) is 3. The fraction of sp³-hybridized carbons (Fsp3) is 0.308. The molecule has 20 heavy (non-hydrogen) atoms. The summed E-state index contributed by atoms with van der Waals surface area (Å²) in [5, 5.41) is 15.5. The van der Waals surface area contributed by atoms with E-state index in [0.29, 0.717) is 22.6 Å². The second kappa shape index (κ2) is 4.84. The lowest BCUT2D eigenvalue weighted by atomic mass is 10.2. The molecular formula is C13H14N4O2S. The molecule has 6 nitrogen and oxygen atoms in total. The van der Waals surface area contributed by atoms with Gasteiger partial charge in [-0.1, -0.05) is 0 Å². The Morgan fingerprint density at radius 1 is 1.45 bits per heavy atom. The van der Waals surface area contributed by atoms with Crippen LogP contribution in [0.2, 0.25) is 0 Å². The third-order valence-corrected chi connectivity index (χ3v) is 4.26. The van der Waals surface area contributed by atoms with E-state index in [-0.39, 0.29) is 12.2 Å². The first kappa shape index (κ1) is 13.0. The average Bonchev–Trinajstić information content (AvgIpc) is 2.96. The summed E-state index contributed by atoms with van der Waals surface area (Å²) in [5.41, 5.74) is 3.09. The quantitative estimate of drug-likeness (QED) is 0.762. The molecule has 0 aliphatic carbocycles. The van der Waals surface area contributed by atoms with Crippen molar-refractivity contribution in [3.05, 3.63) is 44.6 Å². The zero-order chi connectivity index (χ0) is 14.3. The molecule has 0 unspecified atom stereocenters. The Bertz CT molecular complexity index is 831. The molecule has 0 bridgehead atoms. The van der Waals surface area contributed by atoms with Crippen LogP contribution in [0, 0.1) is 13.8 Å². The molecular weight excluding hydrogens is 276 g/mol. The minimum Gasteiger partial charge on any atom is -0.392 e. The normalized spacial score (nSPS) is 11.3. The number of hydrogen-bond donors (Lipinski definition) is 2. The van der Waals surface area contributed by atoms with Gasteiger partial charge in [-0.25, -0.2) is 4.98 Å². The molecule has 0 saturated carbocycles. The second-order valence-corrected chi connectivity index (χ2v) is 5.53. The molecule has 0 aliphatic rings. The van der Waals surface area contributed by atoms with E-state index in [2.05, 4.69) is 15.1 Å². The summed E-state index contributed by atoms with van der Waals surface area (Å²) in [6.07, 6.45) is 0. The highest BCUT2D eigenvalue weighted by Gasteiger charge is 2.12. The van der Waals surface area contributed by atoms with Crippen LogP contribution in [0.25, 0.3) is 10.2 Å². The summed E-state index contributed by atoms with van der Waals surface area (Å²) in [4.78, 5) is 19.1. The van der Waals surface area contributed by atoms with E-state index < -0.39 is 0 Å². The van der Waals surface area contributed by atoms with E-state index in [9.17, 15) is 9.90 Å². The van der Waals surface area contributed by atoms with Crippen molar-refractivity contribution < 1.29 is 5.11 Å². The van der Waals surface area contributed by atoms with Crippen LogP contribution in [0.3, 0.4) is 0 Å². The molecule has 7 heteroatoms. The number of aliphatic hydroxyl groups is 1. The van der Waals surface area contributed by atoms with Gasteiger partial charge in [0.1, 0.15) is 10.5 Å². The zero-order valence-corrected chi connectivity index (χ0v) is 12.0. The Morgan fingerprint density at radius 3 is 2.95 bits per heavy atom. The van der Waals surface area contributed by atoms with Gasteiger partial charge in [0.05, 0.1) is 24.4 Å². The van der Waals surface area contributed by atoms with Crippen LogP contribution < -0.4 is 5.56 Å². The number of aliphatic hydroxyl groups excluding tert-OH is 1. The van der Waals surface area contributed by atoms with Gasteiger partial charge in [0, 0.05) is 11.3 Å². The van der Waals surface area contributed by atoms with Gasteiger partial charge in [-0.3, -0.25) is 9.48 Å². The van der Waals surface area contributed by atoms with Crippen molar-refractivity contribution in [1.82, 2.24) is 19.7 Å². The van der Waals surface area contributed by atoms with E-state index in [0.717, 1.165) is 17.0 Å². The third kappa shape index (κ3) is 2.04. The number of rotatable bonds is 3. The van der Waals surface area contributed by atoms with Gasteiger partial charge in [-0.15, -0.1) is 11.3 Å². The van der Waals surface area contributed by atoms with Crippen molar-refractivity contribution in [3.8, 4) is 0 Å². The molecule has 0 aliphatic heterocycles. The Balaban J connectivity index is 2.03. The fourth-order valence-corrected chi connectivity index (χ4v) is 2.98. The second-order valence-electron chi connectivity index (χ2n) is 4.61. The highest BCUT2D eigenvalue weighted by Crippen LogP contribution is 2.16. The van der Waals surface area contributed by atoms with Crippen LogP contribution in [0.1, 0.15) is 22.8 Å². The molecule has 0 spiro atoms. The van der Waals surface area contributed by atoms with E-state index >= 15 is 0 Å². The number of aromatic nitrogens is 4. The molecule has 0 saturated heterocycles. The van der Waals surface area contributed by atoms with E-state index in [1.54, 1.807) is 4.68 Å². The molecule has 3 rings (SSSR count). The summed E-state index contributed by atoms with van der Waals surface area (Å²) >= 11 is 1.38. The van der Waals surface area contributed by atoms with Crippen molar-refractivity contribution in [3.63, 3.8) is 0 Å². The molecule has 0 aromatic carbocycles. The molecule has 3 heterocycles. The summed E-state index contributed by atoms with van der Waals surface area (Å²) in [5.74, 6) is 0.566. The molecule has 0 radical (unpaired) electrons. The molecule has 0 atom stereocenters. The third-order valence-electron chi connectivity index (χ3n) is 3.35. The van der Waals surface area contributed by atoms with E-state index in [1.165, 1.54) is 11.3 Å². The topological polar surface area (TPSA) is 83.8 Å². The lowest BCUT2D eigenvalue weighted by molar-refractivity contribution is 0.280. The van der Waals surface area contributed by atoms with E-state index in [1.807, 2.05) is 25.3 Å². The first-order valence-corrected chi connectivity index (χ1v) is 7.08. The number of thiophene rings is 1. The predicted octanol–water partition coefficient (Wildman–Crippen LogP) is 1.34. The Labute approximate surface area is 118 Å². The zero-order valence-electron chi connectivity index (χ0n) is 11.2. The van der Waals surface area contributed by atoms with Gasteiger partial charge in [0.15, 0.2) is 0 Å². The Kier molecular flexibility index (Phi) is 3.15. The van der Waals surface area contributed by atoms with Crippen LogP contribution in [0.15, 0.2) is 16.2 Å². The number of H-pyrrole nitrogens is 1. The Hall–Kier alpha value is -1.99. The molecule has 0 amide bonds. The van der Waals surface area contributed by atoms with Crippen molar-refractivity contribution >= 4 is 21.6 Å². The van der Waals surface area contributed by atoms with Crippen molar-refractivity contribution in [1.29, 1.82) is 0 Å². The number of nitrogens with one attached hydrogen (secondary N) is 1. The highest BCUT2D eigenvalue weighted by atomic mass is 32.1. The van der Waals surface area contributed by atoms with Crippen LogP contribution in [0.4, 0.5) is 0 Å². The molecule has 104 valence electrons. The number of aryl methyl sites for hydroxylation is 1. The van der Waals surface area contributed by atoms with Crippen molar-refractivity contribution in [2.24, 2.45) is 0 Å². The van der Waals surface area contributed by atoms with Gasteiger partial charge in [-0.05, 0) is 25.3 Å². The Morgan fingerprint density at radius 2 is 2.25 bits per heavy atom.